The summed E-state index contributed by atoms with van der Waals surface area (Å²) in [6.45, 7) is 4.46. The molecule has 0 aliphatic carbocycles. The van der Waals surface area contributed by atoms with Gasteiger partial charge in [-0.3, -0.25) is 14.7 Å². The van der Waals surface area contributed by atoms with Gasteiger partial charge < -0.3 is 9.42 Å². The lowest BCUT2D eigenvalue weighted by atomic mass is 10.2. The van der Waals surface area contributed by atoms with E-state index in [-0.39, 0.29) is 5.91 Å². The van der Waals surface area contributed by atoms with Crippen molar-refractivity contribution in [3.05, 3.63) is 83.5 Å². The van der Waals surface area contributed by atoms with Crippen molar-refractivity contribution in [2.75, 3.05) is 13.6 Å². The maximum absolute atomic E-state index is 12.7. The van der Waals surface area contributed by atoms with Gasteiger partial charge in [0.25, 0.3) is 5.91 Å². The minimum absolute atomic E-state index is 0.130. The molecule has 0 aliphatic heterocycles. The van der Waals surface area contributed by atoms with Gasteiger partial charge in [0.1, 0.15) is 0 Å². The molecular formula is C21H24N4O2. The lowest BCUT2D eigenvalue weighted by Gasteiger charge is -2.19. The summed E-state index contributed by atoms with van der Waals surface area (Å²) < 4.78 is 5.39. The van der Waals surface area contributed by atoms with Crippen molar-refractivity contribution in [1.29, 1.82) is 0 Å². The van der Waals surface area contributed by atoms with E-state index in [0.717, 1.165) is 12.1 Å². The molecule has 0 aliphatic rings. The number of carbonyl (C=O) groups excluding carboxylic acids is 1. The first-order valence-electron chi connectivity index (χ1n) is 9.02. The molecule has 1 amide bonds. The summed E-state index contributed by atoms with van der Waals surface area (Å²) in [6, 6.07) is 15.8. The number of pyridine rings is 1. The number of hydrogen-bond donors (Lipinski definition) is 0. The van der Waals surface area contributed by atoms with Crippen LogP contribution in [0.5, 0.6) is 0 Å². The van der Waals surface area contributed by atoms with E-state index in [2.05, 4.69) is 27.2 Å². The van der Waals surface area contributed by atoms with Gasteiger partial charge in [-0.2, -0.15) is 0 Å². The summed E-state index contributed by atoms with van der Waals surface area (Å²) >= 11 is 0. The maximum atomic E-state index is 12.7. The number of rotatable bonds is 8. The quantitative estimate of drug-likeness (QED) is 0.613. The highest BCUT2D eigenvalue weighted by Crippen LogP contribution is 2.13. The van der Waals surface area contributed by atoms with Crippen LogP contribution in [0.4, 0.5) is 0 Å². The Morgan fingerprint density at radius 3 is 2.41 bits per heavy atom. The van der Waals surface area contributed by atoms with Crippen molar-refractivity contribution in [3.63, 3.8) is 0 Å². The van der Waals surface area contributed by atoms with Gasteiger partial charge in [-0.05, 0) is 37.2 Å². The van der Waals surface area contributed by atoms with Gasteiger partial charge in [0.2, 0.25) is 0 Å². The second-order valence-electron chi connectivity index (χ2n) is 6.51. The fourth-order valence-electron chi connectivity index (χ4n) is 2.90. The van der Waals surface area contributed by atoms with Gasteiger partial charge >= 0.3 is 0 Å². The van der Waals surface area contributed by atoms with Crippen LogP contribution in [0, 0.1) is 0 Å². The molecule has 2 heterocycles. The Kier molecular flexibility index (Phi) is 6.33. The second-order valence-corrected chi connectivity index (χ2v) is 6.51. The summed E-state index contributed by atoms with van der Waals surface area (Å²) in [7, 11) is 2.01. The van der Waals surface area contributed by atoms with Gasteiger partial charge in [0, 0.05) is 38.1 Å². The second kappa shape index (κ2) is 9.09. The standard InChI is InChI=1S/C21H24N4O2/c1-3-25(15-18-9-11-22-12-10-18)21(26)20-13-19(27-23-20)16-24(2)14-17-7-5-4-6-8-17/h4-13H,3,14-16H2,1-2H3. The van der Waals surface area contributed by atoms with Gasteiger partial charge in [-0.25, -0.2) is 0 Å². The molecule has 3 aromatic rings. The normalized spacial score (nSPS) is 10.9. The van der Waals surface area contributed by atoms with E-state index in [9.17, 15) is 4.79 Å². The third kappa shape index (κ3) is 5.24. The smallest absolute Gasteiger partial charge is 0.276 e. The topological polar surface area (TPSA) is 62.5 Å². The Morgan fingerprint density at radius 2 is 1.70 bits per heavy atom. The van der Waals surface area contributed by atoms with Crippen LogP contribution >= 0.6 is 0 Å². The molecular weight excluding hydrogens is 340 g/mol. The summed E-state index contributed by atoms with van der Waals surface area (Å²) in [5, 5.41) is 3.98. The van der Waals surface area contributed by atoms with Crippen LogP contribution in [-0.4, -0.2) is 39.4 Å². The van der Waals surface area contributed by atoms with Gasteiger partial charge in [0.15, 0.2) is 11.5 Å². The first kappa shape index (κ1) is 18.8. The predicted molar refractivity (Wildman–Crippen MR) is 103 cm³/mol. The molecule has 2 aromatic heterocycles. The molecule has 1 aromatic carbocycles. The zero-order chi connectivity index (χ0) is 19.1. The van der Waals surface area contributed by atoms with Crippen molar-refractivity contribution in [2.45, 2.75) is 26.6 Å². The number of amides is 1. The molecule has 0 fully saturated rings. The maximum Gasteiger partial charge on any atom is 0.276 e. The van der Waals surface area contributed by atoms with Gasteiger partial charge in [-0.15, -0.1) is 0 Å². The average molecular weight is 364 g/mol. The molecule has 0 saturated heterocycles. The molecule has 0 unspecified atom stereocenters. The van der Waals surface area contributed by atoms with E-state index in [1.807, 2.05) is 44.3 Å². The molecule has 140 valence electrons. The van der Waals surface area contributed by atoms with Crippen LogP contribution in [0.15, 0.2) is 65.4 Å². The van der Waals surface area contributed by atoms with E-state index < -0.39 is 0 Å². The van der Waals surface area contributed by atoms with Crippen LogP contribution in [0.2, 0.25) is 0 Å². The highest BCUT2D eigenvalue weighted by Gasteiger charge is 2.19. The lowest BCUT2D eigenvalue weighted by molar-refractivity contribution is 0.0742. The Bertz CT molecular complexity index is 849. The Balaban J connectivity index is 1.61. The first-order valence-corrected chi connectivity index (χ1v) is 9.02. The summed E-state index contributed by atoms with van der Waals surface area (Å²) in [5.74, 6) is 0.548. The molecule has 0 radical (unpaired) electrons. The van der Waals surface area contributed by atoms with E-state index in [1.54, 1.807) is 23.4 Å². The number of carbonyl (C=O) groups is 1. The number of benzene rings is 1. The minimum atomic E-state index is -0.130. The molecule has 6 heteroatoms. The third-order valence-corrected chi connectivity index (χ3v) is 4.29. The van der Waals surface area contributed by atoms with Crippen LogP contribution in [-0.2, 0) is 19.6 Å². The van der Waals surface area contributed by atoms with Gasteiger partial charge in [0.05, 0.1) is 6.54 Å². The van der Waals surface area contributed by atoms with Crippen molar-refractivity contribution < 1.29 is 9.32 Å². The molecule has 27 heavy (non-hydrogen) atoms. The van der Waals surface area contributed by atoms with Crippen LogP contribution in [0.25, 0.3) is 0 Å². The molecule has 0 spiro atoms. The van der Waals surface area contributed by atoms with E-state index >= 15 is 0 Å². The molecule has 6 nitrogen and oxygen atoms in total. The molecule has 0 N–H and O–H groups in total. The molecule has 0 saturated carbocycles. The third-order valence-electron chi connectivity index (χ3n) is 4.29. The Hall–Kier alpha value is -2.99. The highest BCUT2D eigenvalue weighted by molar-refractivity contribution is 5.92. The highest BCUT2D eigenvalue weighted by atomic mass is 16.5. The van der Waals surface area contributed by atoms with Crippen molar-refractivity contribution >= 4 is 5.91 Å². The summed E-state index contributed by atoms with van der Waals surface area (Å²) in [6.07, 6.45) is 3.45. The van der Waals surface area contributed by atoms with Crippen LogP contribution < -0.4 is 0 Å². The predicted octanol–water partition coefficient (Wildman–Crippen LogP) is 3.36. The largest absolute Gasteiger partial charge is 0.359 e. The summed E-state index contributed by atoms with van der Waals surface area (Å²) in [5.41, 5.74) is 2.60. The Morgan fingerprint density at radius 1 is 1.00 bits per heavy atom. The molecule has 0 atom stereocenters. The van der Waals surface area contributed by atoms with Crippen molar-refractivity contribution in [1.82, 2.24) is 19.9 Å². The number of aromatic nitrogens is 2. The number of nitrogens with zero attached hydrogens (tertiary/aromatic N) is 4. The molecule has 3 rings (SSSR count). The van der Waals surface area contributed by atoms with Crippen molar-refractivity contribution in [2.24, 2.45) is 0 Å². The van der Waals surface area contributed by atoms with Gasteiger partial charge in [-0.1, -0.05) is 35.5 Å². The zero-order valence-electron chi connectivity index (χ0n) is 15.7. The number of hydrogen-bond acceptors (Lipinski definition) is 5. The lowest BCUT2D eigenvalue weighted by Crippen LogP contribution is -2.30. The van der Waals surface area contributed by atoms with Crippen molar-refractivity contribution in [3.8, 4) is 0 Å². The fourth-order valence-corrected chi connectivity index (χ4v) is 2.90. The summed E-state index contributed by atoms with van der Waals surface area (Å²) in [4.78, 5) is 20.6. The van der Waals surface area contributed by atoms with Crippen LogP contribution in [0.3, 0.4) is 0 Å². The van der Waals surface area contributed by atoms with Crippen LogP contribution in [0.1, 0.15) is 34.3 Å². The zero-order valence-corrected chi connectivity index (χ0v) is 15.7. The van der Waals surface area contributed by atoms with E-state index in [0.29, 0.717) is 31.1 Å². The minimum Gasteiger partial charge on any atom is -0.359 e. The first-order chi connectivity index (χ1) is 13.2. The van der Waals surface area contributed by atoms with E-state index in [1.165, 1.54) is 5.56 Å². The SMILES string of the molecule is CCN(Cc1ccncc1)C(=O)c1cc(CN(C)Cc2ccccc2)on1. The fraction of sp³-hybridized carbons (Fsp3) is 0.286. The monoisotopic (exact) mass is 364 g/mol. The average Bonchev–Trinajstić information content (AvgIpc) is 3.15. The van der Waals surface area contributed by atoms with E-state index in [4.69, 9.17) is 4.52 Å². The molecule has 0 bridgehead atoms. The Labute approximate surface area is 159 Å².